The number of unbranched alkanes of at least 4 members (excludes halogenated alkanes) is 12. The summed E-state index contributed by atoms with van der Waals surface area (Å²) in [6.07, 6.45) is 19.7. The molecule has 168 valence electrons. The third-order valence-electron chi connectivity index (χ3n) is 6.65. The molecule has 1 unspecified atom stereocenters. The maximum atomic E-state index is 12.5. The molecule has 0 aromatic carbocycles. The summed E-state index contributed by atoms with van der Waals surface area (Å²) in [6.45, 7) is 10.0. The van der Waals surface area contributed by atoms with Crippen LogP contribution in [0.1, 0.15) is 110 Å². The molecule has 0 bridgehead atoms. The van der Waals surface area contributed by atoms with E-state index >= 15 is 0 Å². The van der Waals surface area contributed by atoms with Crippen LogP contribution in [0.5, 0.6) is 0 Å². The van der Waals surface area contributed by atoms with Gasteiger partial charge in [0.1, 0.15) is 0 Å². The highest BCUT2D eigenvalue weighted by molar-refractivity contribution is 5.76. The van der Waals surface area contributed by atoms with E-state index in [1.54, 1.807) is 0 Å². The lowest BCUT2D eigenvalue weighted by atomic mass is 10.0. The van der Waals surface area contributed by atoms with Crippen LogP contribution < -0.4 is 24.0 Å². The second-order valence-corrected chi connectivity index (χ2v) is 9.11. The lowest BCUT2D eigenvalue weighted by Gasteiger charge is -2.31. The smallest absolute Gasteiger partial charge is 0.222 e. The molecule has 0 aromatic heterocycles. The zero-order chi connectivity index (χ0) is 19.8. The molecule has 1 saturated heterocycles. The van der Waals surface area contributed by atoms with Gasteiger partial charge in [0.25, 0.3) is 0 Å². The molecule has 0 aromatic rings. The highest BCUT2D eigenvalue weighted by Gasteiger charge is 2.26. The van der Waals surface area contributed by atoms with Gasteiger partial charge < -0.3 is 33.4 Å². The van der Waals surface area contributed by atoms with Gasteiger partial charge in [0.05, 0.1) is 33.2 Å². The van der Waals surface area contributed by atoms with Crippen LogP contribution in [0.4, 0.5) is 0 Å². The standard InChI is InChI=1S/C24H49N2O.HI/c1-4-6-7-8-9-10-11-12-13-14-15-16-17-19-24(27)25-20-18-22-26(3,5-2)23-21-25;/h4-23H2,1-3H3;1H/q+1;/p-1. The molecule has 1 atom stereocenters. The SMILES string of the molecule is CCCCCCCCCCCCCCCC(=O)N1CCC[N+](C)(CC)CC1.[I-]. The molecule has 1 rings (SSSR count). The van der Waals surface area contributed by atoms with Crippen molar-refractivity contribution in [3.8, 4) is 0 Å². The highest BCUT2D eigenvalue weighted by atomic mass is 127. The van der Waals surface area contributed by atoms with Gasteiger partial charge in [0.15, 0.2) is 0 Å². The van der Waals surface area contributed by atoms with Crippen LogP contribution in [0.15, 0.2) is 0 Å². The van der Waals surface area contributed by atoms with E-state index in [2.05, 4.69) is 25.8 Å². The van der Waals surface area contributed by atoms with E-state index in [1.165, 1.54) is 90.1 Å². The minimum Gasteiger partial charge on any atom is -1.00 e. The van der Waals surface area contributed by atoms with Crippen LogP contribution in [0.2, 0.25) is 0 Å². The molecule has 0 N–H and O–H groups in total. The fourth-order valence-corrected chi connectivity index (χ4v) is 4.25. The molecule has 3 nitrogen and oxygen atoms in total. The van der Waals surface area contributed by atoms with Crippen molar-refractivity contribution in [1.29, 1.82) is 0 Å². The van der Waals surface area contributed by atoms with Gasteiger partial charge in [-0.05, 0) is 13.3 Å². The third kappa shape index (κ3) is 13.4. The number of likely N-dealkylation sites (N-methyl/N-ethyl adjacent to an activating group) is 1. The Labute approximate surface area is 193 Å². The molecule has 0 radical (unpaired) electrons. The Kier molecular flexibility index (Phi) is 18.1. The molecule has 0 spiro atoms. The van der Waals surface area contributed by atoms with E-state index in [0.29, 0.717) is 5.91 Å². The van der Waals surface area contributed by atoms with E-state index in [9.17, 15) is 4.79 Å². The zero-order valence-corrected chi connectivity index (χ0v) is 21.5. The molecule has 28 heavy (non-hydrogen) atoms. The Morgan fingerprint density at radius 2 is 1.25 bits per heavy atom. The molecule has 1 fully saturated rings. The Hall–Kier alpha value is 0.160. The third-order valence-corrected chi connectivity index (χ3v) is 6.65. The molecule has 1 amide bonds. The Morgan fingerprint density at radius 1 is 0.750 bits per heavy atom. The topological polar surface area (TPSA) is 20.3 Å². The Balaban J connectivity index is 0.00000729. The second-order valence-electron chi connectivity index (χ2n) is 9.11. The molecule has 1 aliphatic heterocycles. The molecule has 1 aliphatic rings. The number of nitrogens with zero attached hydrogens (tertiary/aromatic N) is 2. The summed E-state index contributed by atoms with van der Waals surface area (Å²) in [5.41, 5.74) is 0. The monoisotopic (exact) mass is 508 g/mol. The minimum absolute atomic E-state index is 0. The average Bonchev–Trinajstić information content (AvgIpc) is 2.88. The van der Waals surface area contributed by atoms with Gasteiger partial charge in [0.2, 0.25) is 5.91 Å². The maximum Gasteiger partial charge on any atom is 0.222 e. The number of amides is 1. The van der Waals surface area contributed by atoms with Gasteiger partial charge in [0, 0.05) is 19.4 Å². The first-order chi connectivity index (χ1) is 13.1. The van der Waals surface area contributed by atoms with Crippen LogP contribution in [-0.2, 0) is 4.79 Å². The summed E-state index contributed by atoms with van der Waals surface area (Å²) < 4.78 is 1.13. The van der Waals surface area contributed by atoms with Crippen molar-refractivity contribution in [3.63, 3.8) is 0 Å². The summed E-state index contributed by atoms with van der Waals surface area (Å²) in [6, 6.07) is 0. The van der Waals surface area contributed by atoms with Crippen LogP contribution in [-0.4, -0.2) is 55.1 Å². The first-order valence-corrected chi connectivity index (χ1v) is 12.2. The van der Waals surface area contributed by atoms with Gasteiger partial charge in [-0.25, -0.2) is 0 Å². The summed E-state index contributed by atoms with van der Waals surface area (Å²) in [4.78, 5) is 14.6. The van der Waals surface area contributed by atoms with Crippen LogP contribution >= 0.6 is 0 Å². The number of carbonyl (C=O) groups excluding carboxylic acids is 1. The number of carbonyl (C=O) groups is 1. The summed E-state index contributed by atoms with van der Waals surface area (Å²) in [7, 11) is 2.33. The highest BCUT2D eigenvalue weighted by Crippen LogP contribution is 2.15. The quantitative estimate of drug-likeness (QED) is 0.189. The summed E-state index contributed by atoms with van der Waals surface area (Å²) in [5.74, 6) is 0.405. The van der Waals surface area contributed by atoms with Gasteiger partial charge in [-0.1, -0.05) is 84.0 Å². The second kappa shape index (κ2) is 18.0. The van der Waals surface area contributed by atoms with Crippen molar-refractivity contribution < 1.29 is 33.3 Å². The number of hydrogen-bond acceptors (Lipinski definition) is 1. The van der Waals surface area contributed by atoms with Crippen molar-refractivity contribution in [1.82, 2.24) is 4.90 Å². The normalized spacial score (nSPS) is 19.9. The fourth-order valence-electron chi connectivity index (χ4n) is 4.25. The average molecular weight is 509 g/mol. The van der Waals surface area contributed by atoms with E-state index < -0.39 is 0 Å². The van der Waals surface area contributed by atoms with Gasteiger partial charge >= 0.3 is 0 Å². The predicted molar refractivity (Wildman–Crippen MR) is 118 cm³/mol. The first kappa shape index (κ1) is 28.2. The van der Waals surface area contributed by atoms with E-state index in [-0.39, 0.29) is 24.0 Å². The van der Waals surface area contributed by atoms with Crippen LogP contribution in [0, 0.1) is 0 Å². The van der Waals surface area contributed by atoms with Gasteiger partial charge in [-0.15, -0.1) is 0 Å². The van der Waals surface area contributed by atoms with Crippen molar-refractivity contribution in [2.45, 2.75) is 110 Å². The summed E-state index contributed by atoms with van der Waals surface area (Å²) in [5, 5.41) is 0. The molecule has 4 heteroatoms. The lowest BCUT2D eigenvalue weighted by Crippen LogP contribution is -3.00. The van der Waals surface area contributed by atoms with Crippen LogP contribution in [0.25, 0.3) is 0 Å². The largest absolute Gasteiger partial charge is 1.00 e. The molecular weight excluding hydrogens is 459 g/mol. The number of halogens is 1. The fraction of sp³-hybridized carbons (Fsp3) is 0.958. The van der Waals surface area contributed by atoms with E-state index in [0.717, 1.165) is 43.4 Å². The summed E-state index contributed by atoms with van der Waals surface area (Å²) >= 11 is 0. The predicted octanol–water partition coefficient (Wildman–Crippen LogP) is 3.17. The van der Waals surface area contributed by atoms with Crippen molar-refractivity contribution in [2.75, 3.05) is 39.8 Å². The van der Waals surface area contributed by atoms with Gasteiger partial charge in [-0.3, -0.25) is 4.79 Å². The van der Waals surface area contributed by atoms with E-state index in [4.69, 9.17) is 0 Å². The Morgan fingerprint density at radius 3 is 1.75 bits per heavy atom. The first-order valence-electron chi connectivity index (χ1n) is 12.2. The Bertz CT molecular complexity index is 378. The number of rotatable bonds is 15. The van der Waals surface area contributed by atoms with E-state index in [1.807, 2.05) is 0 Å². The molecule has 1 heterocycles. The van der Waals surface area contributed by atoms with Crippen molar-refractivity contribution in [3.05, 3.63) is 0 Å². The van der Waals surface area contributed by atoms with Crippen LogP contribution in [0.3, 0.4) is 0 Å². The molecular formula is C24H49IN2O. The number of quaternary nitrogens is 1. The lowest BCUT2D eigenvalue weighted by molar-refractivity contribution is -0.905. The van der Waals surface area contributed by atoms with Crippen molar-refractivity contribution in [2.24, 2.45) is 0 Å². The van der Waals surface area contributed by atoms with Crippen molar-refractivity contribution >= 4 is 5.91 Å². The molecule has 0 saturated carbocycles. The molecule has 0 aliphatic carbocycles. The zero-order valence-electron chi connectivity index (χ0n) is 19.3. The van der Waals surface area contributed by atoms with Gasteiger partial charge in [-0.2, -0.15) is 0 Å². The number of hydrogen-bond donors (Lipinski definition) is 0. The maximum absolute atomic E-state index is 12.5. The minimum atomic E-state index is 0.